The van der Waals surface area contributed by atoms with Crippen LogP contribution < -0.4 is 20.8 Å². The number of fused-ring (bicyclic) bond motifs is 1. The van der Waals surface area contributed by atoms with E-state index in [0.717, 1.165) is 0 Å². The number of primary amides is 1. The van der Waals surface area contributed by atoms with Gasteiger partial charge < -0.3 is 19.8 Å². The molecule has 0 spiro atoms. The number of nitrogens with two attached hydrogens (primary N) is 1. The SMILES string of the molecule is NC(=O)Cc1nc(Cn2ccccc2=O)n(-c2ccc3c(c2)OCCO3)n1. The molecule has 0 fully saturated rings. The molecule has 1 aliphatic rings. The number of benzene rings is 1. The minimum atomic E-state index is -0.530. The van der Waals surface area contributed by atoms with Crippen molar-refractivity contribution in [3.8, 4) is 17.2 Å². The van der Waals surface area contributed by atoms with Crippen LogP contribution >= 0.6 is 0 Å². The Morgan fingerprint density at radius 1 is 1.15 bits per heavy atom. The number of hydrogen-bond donors (Lipinski definition) is 1. The normalized spacial score (nSPS) is 12.7. The van der Waals surface area contributed by atoms with Crippen molar-refractivity contribution in [1.29, 1.82) is 0 Å². The molecule has 0 saturated carbocycles. The van der Waals surface area contributed by atoms with Crippen molar-refractivity contribution >= 4 is 5.91 Å². The molecule has 3 aromatic rings. The van der Waals surface area contributed by atoms with Crippen LogP contribution in [0.2, 0.25) is 0 Å². The Hall–Kier alpha value is -3.62. The molecule has 0 unspecified atom stereocenters. The lowest BCUT2D eigenvalue weighted by atomic mass is 10.2. The number of aromatic nitrogens is 4. The highest BCUT2D eigenvalue weighted by Crippen LogP contribution is 2.32. The molecule has 4 rings (SSSR count). The van der Waals surface area contributed by atoms with E-state index in [4.69, 9.17) is 15.2 Å². The van der Waals surface area contributed by atoms with Crippen molar-refractivity contribution < 1.29 is 14.3 Å². The summed E-state index contributed by atoms with van der Waals surface area (Å²) in [7, 11) is 0. The van der Waals surface area contributed by atoms with Gasteiger partial charge in [0.25, 0.3) is 5.56 Å². The Kier molecular flexibility index (Phi) is 4.33. The predicted octanol–water partition coefficient (Wildman–Crippen LogP) is 0.276. The lowest BCUT2D eigenvalue weighted by molar-refractivity contribution is -0.117. The zero-order valence-electron chi connectivity index (χ0n) is 14.4. The molecule has 3 heterocycles. The smallest absolute Gasteiger partial charge is 0.250 e. The zero-order valence-corrected chi connectivity index (χ0v) is 14.4. The second kappa shape index (κ2) is 6.94. The van der Waals surface area contributed by atoms with E-state index in [9.17, 15) is 9.59 Å². The maximum absolute atomic E-state index is 12.0. The highest BCUT2D eigenvalue weighted by Gasteiger charge is 2.17. The topological polar surface area (TPSA) is 114 Å². The Bertz CT molecular complexity index is 1060. The summed E-state index contributed by atoms with van der Waals surface area (Å²) in [6.45, 7) is 1.16. The van der Waals surface area contributed by atoms with Crippen LogP contribution in [0.15, 0.2) is 47.4 Å². The molecule has 0 radical (unpaired) electrons. The van der Waals surface area contributed by atoms with Crippen molar-refractivity contribution in [2.24, 2.45) is 5.73 Å². The first kappa shape index (κ1) is 16.8. The second-order valence-corrected chi connectivity index (χ2v) is 5.99. The van der Waals surface area contributed by atoms with Crippen LogP contribution in [0, 0.1) is 0 Å². The molecule has 1 aliphatic heterocycles. The summed E-state index contributed by atoms with van der Waals surface area (Å²) in [6, 6.07) is 10.3. The zero-order chi connectivity index (χ0) is 18.8. The van der Waals surface area contributed by atoms with E-state index in [1.165, 1.54) is 10.6 Å². The summed E-state index contributed by atoms with van der Waals surface area (Å²) in [4.78, 5) is 27.7. The van der Waals surface area contributed by atoms with E-state index in [0.29, 0.717) is 36.2 Å². The van der Waals surface area contributed by atoms with Gasteiger partial charge in [-0.05, 0) is 18.2 Å². The van der Waals surface area contributed by atoms with E-state index in [-0.39, 0.29) is 24.3 Å². The first-order valence-electron chi connectivity index (χ1n) is 8.39. The monoisotopic (exact) mass is 367 g/mol. The van der Waals surface area contributed by atoms with Gasteiger partial charge in [0.15, 0.2) is 23.1 Å². The minimum Gasteiger partial charge on any atom is -0.486 e. The number of amides is 1. The summed E-state index contributed by atoms with van der Waals surface area (Å²) in [5.74, 6) is 1.52. The van der Waals surface area contributed by atoms with Crippen molar-refractivity contribution in [1.82, 2.24) is 19.3 Å². The fourth-order valence-electron chi connectivity index (χ4n) is 2.84. The van der Waals surface area contributed by atoms with Crippen LogP contribution in [0.5, 0.6) is 11.5 Å². The third-order valence-corrected chi connectivity index (χ3v) is 4.03. The molecule has 1 aromatic carbocycles. The summed E-state index contributed by atoms with van der Waals surface area (Å²) in [5, 5.41) is 4.39. The number of ether oxygens (including phenoxy) is 2. The van der Waals surface area contributed by atoms with Gasteiger partial charge in [-0.2, -0.15) is 5.10 Å². The number of nitrogens with zero attached hydrogens (tertiary/aromatic N) is 4. The second-order valence-electron chi connectivity index (χ2n) is 5.99. The molecule has 0 atom stereocenters. The van der Waals surface area contributed by atoms with E-state index in [1.54, 1.807) is 35.1 Å². The maximum Gasteiger partial charge on any atom is 0.250 e. The van der Waals surface area contributed by atoms with Gasteiger partial charge in [-0.3, -0.25) is 9.59 Å². The lowest BCUT2D eigenvalue weighted by Crippen LogP contribution is -2.20. The van der Waals surface area contributed by atoms with Crippen molar-refractivity contribution in [2.45, 2.75) is 13.0 Å². The highest BCUT2D eigenvalue weighted by molar-refractivity contribution is 5.75. The Labute approximate surface area is 154 Å². The van der Waals surface area contributed by atoms with Crippen LogP contribution in [0.1, 0.15) is 11.6 Å². The molecule has 9 nitrogen and oxygen atoms in total. The van der Waals surface area contributed by atoms with E-state index in [2.05, 4.69) is 10.1 Å². The summed E-state index contributed by atoms with van der Waals surface area (Å²) >= 11 is 0. The fourth-order valence-corrected chi connectivity index (χ4v) is 2.84. The molecule has 2 aromatic heterocycles. The Morgan fingerprint density at radius 2 is 1.96 bits per heavy atom. The van der Waals surface area contributed by atoms with Gasteiger partial charge in [0.1, 0.15) is 13.2 Å². The van der Waals surface area contributed by atoms with Gasteiger partial charge in [-0.25, -0.2) is 9.67 Å². The number of hydrogen-bond acceptors (Lipinski definition) is 6. The standard InChI is InChI=1S/C18H17N5O4/c19-15(24)10-16-20-17(11-22-6-2-1-3-18(22)25)23(21-16)12-4-5-13-14(9-12)27-8-7-26-13/h1-6,9H,7-8,10-11H2,(H2,19,24). The molecule has 0 saturated heterocycles. The fraction of sp³-hybridized carbons (Fsp3) is 0.222. The van der Waals surface area contributed by atoms with E-state index < -0.39 is 5.91 Å². The summed E-state index contributed by atoms with van der Waals surface area (Å²) < 4.78 is 14.2. The van der Waals surface area contributed by atoms with Gasteiger partial charge >= 0.3 is 0 Å². The van der Waals surface area contributed by atoms with Crippen LogP contribution in [0.25, 0.3) is 5.69 Å². The average Bonchev–Trinajstić information content (AvgIpc) is 3.04. The molecule has 1 amide bonds. The van der Waals surface area contributed by atoms with Gasteiger partial charge in [0.05, 0.1) is 18.7 Å². The van der Waals surface area contributed by atoms with Crippen LogP contribution in [-0.4, -0.2) is 38.5 Å². The average molecular weight is 367 g/mol. The van der Waals surface area contributed by atoms with Crippen LogP contribution in [-0.2, 0) is 17.8 Å². The first-order valence-corrected chi connectivity index (χ1v) is 8.39. The summed E-state index contributed by atoms with van der Waals surface area (Å²) in [5.41, 5.74) is 5.79. The quantitative estimate of drug-likeness (QED) is 0.693. The number of carbonyl (C=O) groups is 1. The molecule has 0 bridgehead atoms. The molecule has 27 heavy (non-hydrogen) atoms. The van der Waals surface area contributed by atoms with Crippen LogP contribution in [0.3, 0.4) is 0 Å². The lowest BCUT2D eigenvalue weighted by Gasteiger charge is -2.19. The van der Waals surface area contributed by atoms with Gasteiger partial charge in [0.2, 0.25) is 5.91 Å². The molecular weight excluding hydrogens is 350 g/mol. The van der Waals surface area contributed by atoms with Crippen molar-refractivity contribution in [2.75, 3.05) is 13.2 Å². The molecular formula is C18H17N5O4. The van der Waals surface area contributed by atoms with Crippen molar-refractivity contribution in [3.05, 3.63) is 64.6 Å². The third kappa shape index (κ3) is 3.52. The molecule has 138 valence electrons. The third-order valence-electron chi connectivity index (χ3n) is 4.03. The minimum absolute atomic E-state index is 0.0890. The van der Waals surface area contributed by atoms with Gasteiger partial charge in [-0.1, -0.05) is 6.07 Å². The van der Waals surface area contributed by atoms with Gasteiger partial charge in [-0.15, -0.1) is 0 Å². The van der Waals surface area contributed by atoms with Crippen LogP contribution in [0.4, 0.5) is 0 Å². The molecule has 9 heteroatoms. The number of carbonyl (C=O) groups excluding carboxylic acids is 1. The highest BCUT2D eigenvalue weighted by atomic mass is 16.6. The first-order chi connectivity index (χ1) is 13.1. The Morgan fingerprint density at radius 3 is 2.74 bits per heavy atom. The largest absolute Gasteiger partial charge is 0.486 e. The van der Waals surface area contributed by atoms with Gasteiger partial charge in [0, 0.05) is 18.3 Å². The summed E-state index contributed by atoms with van der Waals surface area (Å²) in [6.07, 6.45) is 1.58. The Balaban J connectivity index is 1.76. The van der Waals surface area contributed by atoms with E-state index >= 15 is 0 Å². The maximum atomic E-state index is 12.0. The molecule has 0 aliphatic carbocycles. The number of rotatable bonds is 5. The number of pyridine rings is 1. The van der Waals surface area contributed by atoms with Crippen molar-refractivity contribution in [3.63, 3.8) is 0 Å². The molecule has 2 N–H and O–H groups in total. The van der Waals surface area contributed by atoms with E-state index in [1.807, 2.05) is 6.07 Å². The predicted molar refractivity (Wildman–Crippen MR) is 95.1 cm³/mol.